The van der Waals surface area contributed by atoms with Crippen molar-refractivity contribution in [2.24, 2.45) is 0 Å². The minimum atomic E-state index is -0.122. The number of thiazole rings is 1. The fourth-order valence-electron chi connectivity index (χ4n) is 3.72. The third kappa shape index (κ3) is 4.57. The molecule has 3 aromatic heterocycles. The Morgan fingerprint density at radius 3 is 2.65 bits per heavy atom. The summed E-state index contributed by atoms with van der Waals surface area (Å²) in [7, 11) is 0. The number of fused-ring (bicyclic) bond motifs is 1. The van der Waals surface area contributed by atoms with E-state index in [0.717, 1.165) is 50.9 Å². The molecule has 0 unspecified atom stereocenters. The Labute approximate surface area is 205 Å². The number of benzene rings is 2. The lowest BCUT2D eigenvalue weighted by molar-refractivity contribution is -0.114. The Morgan fingerprint density at radius 1 is 1.06 bits per heavy atom. The molecule has 0 saturated carbocycles. The monoisotopic (exact) mass is 486 g/mol. The zero-order chi connectivity index (χ0) is 23.5. The first-order valence-corrected chi connectivity index (χ1v) is 12.7. The topological polar surface area (TPSA) is 85.6 Å². The number of nitrogens with one attached hydrogen (secondary N) is 1. The third-order valence-corrected chi connectivity index (χ3v) is 7.05. The van der Waals surface area contributed by atoms with Crippen molar-refractivity contribution in [1.82, 2.24) is 24.7 Å². The minimum absolute atomic E-state index is 0.122. The second kappa shape index (κ2) is 9.74. The van der Waals surface area contributed by atoms with Gasteiger partial charge in [0.2, 0.25) is 5.91 Å². The highest BCUT2D eigenvalue weighted by Crippen LogP contribution is 2.33. The fourth-order valence-corrected chi connectivity index (χ4v) is 5.47. The van der Waals surface area contributed by atoms with Crippen LogP contribution >= 0.6 is 23.1 Å². The molecule has 0 atom stereocenters. The van der Waals surface area contributed by atoms with E-state index in [2.05, 4.69) is 56.3 Å². The van der Waals surface area contributed by atoms with Gasteiger partial charge in [0.05, 0.1) is 16.9 Å². The zero-order valence-corrected chi connectivity index (χ0v) is 20.4. The largest absolute Gasteiger partial charge is 0.302 e. The predicted molar refractivity (Wildman–Crippen MR) is 138 cm³/mol. The fraction of sp³-hybridized carbons (Fsp3) is 0.160. The Kier molecular flexibility index (Phi) is 6.37. The summed E-state index contributed by atoms with van der Waals surface area (Å²) < 4.78 is 2.13. The van der Waals surface area contributed by atoms with Crippen LogP contribution in [0.25, 0.3) is 33.5 Å². The molecule has 0 radical (unpaired) electrons. The summed E-state index contributed by atoms with van der Waals surface area (Å²) in [5, 5.41) is 16.3. The molecule has 0 spiro atoms. The molecule has 0 bridgehead atoms. The van der Waals surface area contributed by atoms with Crippen LogP contribution in [0.5, 0.6) is 0 Å². The molecule has 1 N–H and O–H groups in total. The Balaban J connectivity index is 1.50. The maximum atomic E-state index is 11.3. The Bertz CT molecular complexity index is 1460. The van der Waals surface area contributed by atoms with Gasteiger partial charge in [-0.2, -0.15) is 0 Å². The summed E-state index contributed by atoms with van der Waals surface area (Å²) >= 11 is 3.00. The standard InChI is InChI=1S/C25H22N6OS2/c1-3-31-23(29-30-25(31)34-15-18-14-33-24(27-18)26-16(2)32)20-13-22(17-9-5-4-6-10-17)28-21-12-8-7-11-19(20)21/h4-14H,3,15H2,1-2H3,(H,26,27,32). The highest BCUT2D eigenvalue weighted by atomic mass is 32.2. The Morgan fingerprint density at radius 2 is 1.85 bits per heavy atom. The molecule has 7 nitrogen and oxygen atoms in total. The van der Waals surface area contributed by atoms with Crippen LogP contribution in [0.15, 0.2) is 71.2 Å². The molecule has 1 amide bonds. The molecule has 170 valence electrons. The molecule has 0 aliphatic carbocycles. The van der Waals surface area contributed by atoms with Gasteiger partial charge in [0.25, 0.3) is 0 Å². The average Bonchev–Trinajstić information content (AvgIpc) is 3.48. The van der Waals surface area contributed by atoms with E-state index in [0.29, 0.717) is 10.9 Å². The molecule has 0 saturated heterocycles. The summed E-state index contributed by atoms with van der Waals surface area (Å²) in [6.45, 7) is 4.30. The number of anilines is 1. The number of para-hydroxylation sites is 1. The molecule has 0 fully saturated rings. The highest BCUT2D eigenvalue weighted by molar-refractivity contribution is 7.98. The number of aromatic nitrogens is 5. The van der Waals surface area contributed by atoms with Crippen LogP contribution in [-0.4, -0.2) is 30.6 Å². The molecule has 9 heteroatoms. The van der Waals surface area contributed by atoms with Crippen LogP contribution in [0.3, 0.4) is 0 Å². The molecule has 3 heterocycles. The number of carbonyl (C=O) groups is 1. The zero-order valence-electron chi connectivity index (χ0n) is 18.7. The number of nitrogens with zero attached hydrogens (tertiary/aromatic N) is 5. The van der Waals surface area contributed by atoms with Crippen molar-refractivity contribution in [3.05, 3.63) is 71.7 Å². The second-order valence-corrected chi connectivity index (χ2v) is 9.40. The van der Waals surface area contributed by atoms with E-state index >= 15 is 0 Å². The van der Waals surface area contributed by atoms with Gasteiger partial charge in [0.15, 0.2) is 16.1 Å². The molecule has 0 aliphatic rings. The summed E-state index contributed by atoms with van der Waals surface area (Å²) in [4.78, 5) is 20.6. The lowest BCUT2D eigenvalue weighted by Gasteiger charge is -2.11. The van der Waals surface area contributed by atoms with Crippen LogP contribution in [0, 0.1) is 0 Å². The smallest absolute Gasteiger partial charge is 0.223 e. The van der Waals surface area contributed by atoms with E-state index in [1.54, 1.807) is 11.8 Å². The summed E-state index contributed by atoms with van der Waals surface area (Å²) in [5.41, 5.74) is 4.79. The van der Waals surface area contributed by atoms with E-state index in [1.807, 2.05) is 41.8 Å². The average molecular weight is 487 g/mol. The highest BCUT2D eigenvalue weighted by Gasteiger charge is 2.18. The first kappa shape index (κ1) is 22.2. The third-order valence-electron chi connectivity index (χ3n) is 5.24. The van der Waals surface area contributed by atoms with E-state index < -0.39 is 0 Å². The maximum Gasteiger partial charge on any atom is 0.223 e. The maximum absolute atomic E-state index is 11.3. The lowest BCUT2D eigenvalue weighted by atomic mass is 10.0. The van der Waals surface area contributed by atoms with Crippen molar-refractivity contribution >= 4 is 45.0 Å². The molecule has 5 aromatic rings. The van der Waals surface area contributed by atoms with Crippen LogP contribution < -0.4 is 5.32 Å². The van der Waals surface area contributed by atoms with Crippen LogP contribution in [-0.2, 0) is 17.1 Å². The second-order valence-electron chi connectivity index (χ2n) is 7.60. The molecule has 2 aromatic carbocycles. The number of pyridine rings is 1. The van der Waals surface area contributed by atoms with E-state index in [1.165, 1.54) is 18.3 Å². The quantitative estimate of drug-likeness (QED) is 0.289. The number of hydrogen-bond donors (Lipinski definition) is 1. The first-order chi connectivity index (χ1) is 16.6. The summed E-state index contributed by atoms with van der Waals surface area (Å²) in [6.07, 6.45) is 0. The van der Waals surface area contributed by atoms with Gasteiger partial charge in [0.1, 0.15) is 0 Å². The minimum Gasteiger partial charge on any atom is -0.302 e. The van der Waals surface area contributed by atoms with Crippen LogP contribution in [0.4, 0.5) is 5.13 Å². The van der Waals surface area contributed by atoms with Crippen molar-refractivity contribution in [3.8, 4) is 22.6 Å². The summed E-state index contributed by atoms with van der Waals surface area (Å²) in [5.74, 6) is 1.34. The van der Waals surface area contributed by atoms with Gasteiger partial charge in [-0.25, -0.2) is 9.97 Å². The van der Waals surface area contributed by atoms with E-state index in [4.69, 9.17) is 4.98 Å². The van der Waals surface area contributed by atoms with Crippen molar-refractivity contribution in [3.63, 3.8) is 0 Å². The van der Waals surface area contributed by atoms with Crippen LogP contribution in [0.2, 0.25) is 0 Å². The van der Waals surface area contributed by atoms with Gasteiger partial charge in [-0.3, -0.25) is 4.79 Å². The SMILES string of the molecule is CCn1c(SCc2csc(NC(C)=O)n2)nnc1-c1cc(-c2ccccc2)nc2ccccc12. The number of hydrogen-bond acceptors (Lipinski definition) is 7. The van der Waals surface area contributed by atoms with E-state index in [-0.39, 0.29) is 5.91 Å². The number of carbonyl (C=O) groups excluding carboxylic acids is 1. The van der Waals surface area contributed by atoms with Gasteiger partial charge in [-0.1, -0.05) is 60.3 Å². The Hall–Kier alpha value is -3.56. The van der Waals surface area contributed by atoms with Gasteiger partial charge in [-0.15, -0.1) is 21.5 Å². The number of amides is 1. The van der Waals surface area contributed by atoms with E-state index in [9.17, 15) is 4.79 Å². The molecule has 5 rings (SSSR count). The van der Waals surface area contributed by atoms with Gasteiger partial charge < -0.3 is 9.88 Å². The molecule has 0 aliphatic heterocycles. The van der Waals surface area contributed by atoms with Gasteiger partial charge in [-0.05, 0) is 19.1 Å². The number of rotatable bonds is 7. The number of thioether (sulfide) groups is 1. The molecular weight excluding hydrogens is 464 g/mol. The van der Waals surface area contributed by atoms with Gasteiger partial charge in [0, 0.05) is 41.1 Å². The van der Waals surface area contributed by atoms with Gasteiger partial charge >= 0.3 is 0 Å². The van der Waals surface area contributed by atoms with Crippen molar-refractivity contribution in [2.45, 2.75) is 31.3 Å². The molecule has 34 heavy (non-hydrogen) atoms. The van der Waals surface area contributed by atoms with Crippen molar-refractivity contribution in [1.29, 1.82) is 0 Å². The first-order valence-electron chi connectivity index (χ1n) is 10.9. The van der Waals surface area contributed by atoms with Crippen LogP contribution in [0.1, 0.15) is 19.5 Å². The summed E-state index contributed by atoms with van der Waals surface area (Å²) in [6, 6.07) is 20.4. The predicted octanol–water partition coefficient (Wildman–Crippen LogP) is 5.89. The normalized spacial score (nSPS) is 11.1. The lowest BCUT2D eigenvalue weighted by Crippen LogP contribution is -2.05. The molecular formula is C25H22N6OS2. The van der Waals surface area contributed by atoms with Crippen molar-refractivity contribution in [2.75, 3.05) is 5.32 Å². The van der Waals surface area contributed by atoms with Crippen molar-refractivity contribution < 1.29 is 4.79 Å².